The van der Waals surface area contributed by atoms with Gasteiger partial charge in [0, 0.05) is 64.0 Å². The Morgan fingerprint density at radius 3 is 1.61 bits per heavy atom. The third-order valence-corrected chi connectivity index (χ3v) is 12.2. The van der Waals surface area contributed by atoms with E-state index in [1.807, 2.05) is 60.7 Å². The highest BCUT2D eigenvalue weighted by atomic mass is 32.1. The number of thiophene rings is 1. The highest BCUT2D eigenvalue weighted by molar-refractivity contribution is 7.26. The van der Waals surface area contributed by atoms with E-state index in [-0.39, 0.29) is 0 Å². The van der Waals surface area contributed by atoms with E-state index < -0.39 is 0 Å². The zero-order chi connectivity index (χ0) is 37.5. The smallest absolute Gasteiger partial charge is 0.164 e. The van der Waals surface area contributed by atoms with Crippen LogP contribution < -0.4 is 0 Å². The molecule has 0 spiro atoms. The van der Waals surface area contributed by atoms with Crippen molar-refractivity contribution >= 4 is 75.3 Å². The second-order valence-electron chi connectivity index (χ2n) is 14.3. The Morgan fingerprint density at radius 2 is 0.930 bits per heavy atom. The molecule has 0 atom stereocenters. The van der Waals surface area contributed by atoms with Crippen LogP contribution in [0.3, 0.4) is 0 Å². The van der Waals surface area contributed by atoms with Crippen LogP contribution in [-0.4, -0.2) is 19.5 Å². The molecule has 57 heavy (non-hydrogen) atoms. The Morgan fingerprint density at radius 1 is 0.386 bits per heavy atom. The number of fused-ring (bicyclic) bond motifs is 9. The van der Waals surface area contributed by atoms with Gasteiger partial charge in [0.15, 0.2) is 23.1 Å². The van der Waals surface area contributed by atoms with Crippen LogP contribution in [0.4, 0.5) is 0 Å². The van der Waals surface area contributed by atoms with Crippen molar-refractivity contribution in [3.05, 3.63) is 182 Å². The van der Waals surface area contributed by atoms with Crippen LogP contribution in [0.1, 0.15) is 0 Å². The number of benzene rings is 8. The van der Waals surface area contributed by atoms with Gasteiger partial charge in [-0.25, -0.2) is 15.0 Å². The molecule has 0 aliphatic carbocycles. The van der Waals surface area contributed by atoms with E-state index in [0.717, 1.165) is 66.5 Å². The topological polar surface area (TPSA) is 56.7 Å². The first kappa shape index (κ1) is 31.9. The number of furan rings is 1. The van der Waals surface area contributed by atoms with Crippen LogP contribution in [0.5, 0.6) is 0 Å². The summed E-state index contributed by atoms with van der Waals surface area (Å²) in [5.74, 6) is 1.95. The van der Waals surface area contributed by atoms with E-state index in [1.54, 1.807) is 11.3 Å². The largest absolute Gasteiger partial charge is 0.453 e. The van der Waals surface area contributed by atoms with Crippen molar-refractivity contribution in [3.8, 4) is 51.0 Å². The molecule has 0 amide bonds. The molecule has 12 rings (SSSR count). The summed E-state index contributed by atoms with van der Waals surface area (Å²) in [6.45, 7) is 0. The highest BCUT2D eigenvalue weighted by Gasteiger charge is 2.21. The van der Waals surface area contributed by atoms with Gasteiger partial charge in [0.25, 0.3) is 0 Å². The lowest BCUT2D eigenvalue weighted by molar-refractivity contribution is 0.667. The van der Waals surface area contributed by atoms with Crippen LogP contribution in [0, 0.1) is 0 Å². The maximum atomic E-state index is 7.06. The lowest BCUT2D eigenvalue weighted by Gasteiger charge is -2.09. The van der Waals surface area contributed by atoms with Crippen LogP contribution in [0.2, 0.25) is 0 Å². The Hall–Kier alpha value is -7.41. The molecule has 0 saturated carbocycles. The van der Waals surface area contributed by atoms with Gasteiger partial charge in [0.1, 0.15) is 5.58 Å². The Bertz CT molecular complexity index is 3420. The van der Waals surface area contributed by atoms with Gasteiger partial charge in [-0.1, -0.05) is 152 Å². The molecule has 0 aliphatic rings. The summed E-state index contributed by atoms with van der Waals surface area (Å²) in [5, 5.41) is 7.05. The van der Waals surface area contributed by atoms with Crippen LogP contribution in [0.25, 0.3) is 115 Å². The van der Waals surface area contributed by atoms with Crippen molar-refractivity contribution in [2.45, 2.75) is 0 Å². The molecule has 0 bridgehead atoms. The summed E-state index contributed by atoms with van der Waals surface area (Å²) in [6, 6.07) is 63.7. The summed E-state index contributed by atoms with van der Waals surface area (Å²) >= 11 is 1.79. The normalized spacial score (nSPS) is 11.9. The molecule has 266 valence electrons. The lowest BCUT2D eigenvalue weighted by atomic mass is 9.97. The average molecular weight is 747 g/mol. The van der Waals surface area contributed by atoms with Gasteiger partial charge in [-0.15, -0.1) is 11.3 Å². The SMILES string of the molecule is c1ccc(-c2nc(-c3ccccc3)nc(-c3ccc4c(c3)sc3cccc(-c5cccc6c5oc5c(-n7c8ccccc8c8ccccc87)cccc56)c34)n2)cc1. The Kier molecular flexibility index (Phi) is 7.03. The summed E-state index contributed by atoms with van der Waals surface area (Å²) in [4.78, 5) is 14.9. The number of nitrogens with zero attached hydrogens (tertiary/aromatic N) is 4. The van der Waals surface area contributed by atoms with Crippen molar-refractivity contribution in [1.29, 1.82) is 0 Å². The van der Waals surface area contributed by atoms with E-state index in [9.17, 15) is 0 Å². The third-order valence-electron chi connectivity index (χ3n) is 11.1. The van der Waals surface area contributed by atoms with E-state index in [2.05, 4.69) is 126 Å². The predicted molar refractivity (Wildman–Crippen MR) is 236 cm³/mol. The summed E-state index contributed by atoms with van der Waals surface area (Å²) in [5.41, 5.74) is 10.2. The number of aromatic nitrogens is 4. The quantitative estimate of drug-likeness (QED) is 0.176. The van der Waals surface area contributed by atoms with Gasteiger partial charge in [-0.2, -0.15) is 0 Å². The second kappa shape index (κ2) is 12.6. The van der Waals surface area contributed by atoms with Gasteiger partial charge < -0.3 is 8.98 Å². The van der Waals surface area contributed by atoms with Gasteiger partial charge in [0.05, 0.1) is 16.7 Å². The standard InChI is InChI=1S/C51H30N4OS/c1-3-14-31(15-4-1)49-52-50(32-16-5-2-6-17-32)54-51(53-49)33-28-29-40-45(30-33)57-44-27-13-20-36(46(40)44)37-21-11-22-38-39-23-12-26-43(48(39)56-47(37)38)55-41-24-9-7-18-34(41)35-19-8-10-25-42(35)55/h1-30H. The zero-order valence-electron chi connectivity index (χ0n) is 30.4. The van der Waals surface area contributed by atoms with E-state index in [4.69, 9.17) is 19.4 Å². The number of hydrogen-bond donors (Lipinski definition) is 0. The van der Waals surface area contributed by atoms with Gasteiger partial charge in [-0.3, -0.25) is 0 Å². The molecule has 6 heteroatoms. The molecule has 4 heterocycles. The Balaban J connectivity index is 1.03. The van der Waals surface area contributed by atoms with E-state index >= 15 is 0 Å². The molecule has 0 radical (unpaired) electrons. The van der Waals surface area contributed by atoms with Gasteiger partial charge >= 0.3 is 0 Å². The van der Waals surface area contributed by atoms with E-state index in [0.29, 0.717) is 17.5 Å². The minimum absolute atomic E-state index is 0.647. The molecule has 0 fully saturated rings. The fourth-order valence-corrected chi connectivity index (χ4v) is 9.67. The summed E-state index contributed by atoms with van der Waals surface area (Å²) in [7, 11) is 0. The molecule has 4 aromatic heterocycles. The first-order chi connectivity index (χ1) is 28.3. The first-order valence-electron chi connectivity index (χ1n) is 19.0. The maximum absolute atomic E-state index is 7.06. The van der Waals surface area contributed by atoms with Gasteiger partial charge in [-0.05, 0) is 35.9 Å². The van der Waals surface area contributed by atoms with Crippen LogP contribution in [-0.2, 0) is 0 Å². The van der Waals surface area contributed by atoms with Crippen molar-refractivity contribution in [3.63, 3.8) is 0 Å². The number of hydrogen-bond acceptors (Lipinski definition) is 5. The monoisotopic (exact) mass is 746 g/mol. The molecular weight excluding hydrogens is 717 g/mol. The second-order valence-corrected chi connectivity index (χ2v) is 15.4. The maximum Gasteiger partial charge on any atom is 0.164 e. The van der Waals surface area contributed by atoms with Crippen LogP contribution in [0.15, 0.2) is 186 Å². The fraction of sp³-hybridized carbons (Fsp3) is 0. The molecule has 0 N–H and O–H groups in total. The average Bonchev–Trinajstić information content (AvgIpc) is 3.96. The van der Waals surface area contributed by atoms with E-state index in [1.165, 1.54) is 30.9 Å². The molecular formula is C51H30N4OS. The zero-order valence-corrected chi connectivity index (χ0v) is 31.2. The summed E-state index contributed by atoms with van der Waals surface area (Å²) in [6.07, 6.45) is 0. The van der Waals surface area contributed by atoms with Crippen molar-refractivity contribution < 1.29 is 4.42 Å². The lowest BCUT2D eigenvalue weighted by Crippen LogP contribution is -1.99. The molecule has 0 unspecified atom stereocenters. The first-order valence-corrected chi connectivity index (χ1v) is 19.8. The van der Waals surface area contributed by atoms with Crippen molar-refractivity contribution in [1.82, 2.24) is 19.5 Å². The van der Waals surface area contributed by atoms with Crippen LogP contribution >= 0.6 is 11.3 Å². The van der Waals surface area contributed by atoms with Crippen molar-refractivity contribution in [2.75, 3.05) is 0 Å². The molecule has 0 aliphatic heterocycles. The Labute approximate surface area is 330 Å². The van der Waals surface area contributed by atoms with Crippen molar-refractivity contribution in [2.24, 2.45) is 0 Å². The predicted octanol–water partition coefficient (Wildman–Crippen LogP) is 13.9. The molecule has 8 aromatic carbocycles. The number of para-hydroxylation sites is 4. The minimum Gasteiger partial charge on any atom is -0.453 e. The third kappa shape index (κ3) is 4.98. The number of rotatable bonds is 5. The molecule has 5 nitrogen and oxygen atoms in total. The molecule has 0 saturated heterocycles. The molecule has 12 aromatic rings. The summed E-state index contributed by atoms with van der Waals surface area (Å²) < 4.78 is 11.8. The minimum atomic E-state index is 0.647. The fourth-order valence-electron chi connectivity index (χ4n) is 8.50. The van der Waals surface area contributed by atoms with Gasteiger partial charge in [0.2, 0.25) is 0 Å². The highest BCUT2D eigenvalue weighted by Crippen LogP contribution is 2.45.